The molecule has 2 fully saturated rings. The minimum absolute atomic E-state index is 0.000764. The van der Waals surface area contributed by atoms with E-state index < -0.39 is 0 Å². The fourth-order valence-corrected chi connectivity index (χ4v) is 3.08. The van der Waals surface area contributed by atoms with Crippen molar-refractivity contribution in [3.8, 4) is 0 Å². The number of aliphatic hydroxyl groups excluding tert-OH is 1. The quantitative estimate of drug-likeness (QED) is 0.724. The lowest BCUT2D eigenvalue weighted by Gasteiger charge is -2.35. The summed E-state index contributed by atoms with van der Waals surface area (Å²) in [5, 5.41) is 13.3. The van der Waals surface area contributed by atoms with Gasteiger partial charge in [0.2, 0.25) is 0 Å². The van der Waals surface area contributed by atoms with Crippen LogP contribution in [0.2, 0.25) is 0 Å². The van der Waals surface area contributed by atoms with Gasteiger partial charge in [-0.2, -0.15) is 0 Å². The van der Waals surface area contributed by atoms with Crippen molar-refractivity contribution in [1.29, 1.82) is 0 Å². The number of hydrogen-bond acceptors (Lipinski definition) is 3. The molecule has 2 aliphatic heterocycles. The number of aliphatic hydroxyl groups is 1. The van der Waals surface area contributed by atoms with Gasteiger partial charge in [-0.05, 0) is 38.3 Å². The summed E-state index contributed by atoms with van der Waals surface area (Å²) in [7, 11) is 0. The molecule has 0 radical (unpaired) electrons. The van der Waals surface area contributed by atoms with Gasteiger partial charge >= 0.3 is 0 Å². The van der Waals surface area contributed by atoms with Gasteiger partial charge in [-0.1, -0.05) is 13.8 Å². The standard InChI is InChI=1S/C12H24N2O/c1-10(2)8-13-12(9-15)5-7-14-6-3-4-11(12)14/h10-11,13,15H,3-9H2,1-2H3. The normalized spacial score (nSPS) is 36.4. The highest BCUT2D eigenvalue weighted by atomic mass is 16.3. The SMILES string of the molecule is CC(C)CNC1(CO)CCN2CCCC21. The Labute approximate surface area is 92.8 Å². The van der Waals surface area contributed by atoms with Crippen LogP contribution in [0.4, 0.5) is 0 Å². The van der Waals surface area contributed by atoms with E-state index in [9.17, 15) is 5.11 Å². The van der Waals surface area contributed by atoms with Gasteiger partial charge < -0.3 is 10.4 Å². The summed E-state index contributed by atoms with van der Waals surface area (Å²) in [4.78, 5) is 2.55. The van der Waals surface area contributed by atoms with Gasteiger partial charge in [0.25, 0.3) is 0 Å². The maximum atomic E-state index is 9.69. The topological polar surface area (TPSA) is 35.5 Å². The van der Waals surface area contributed by atoms with Gasteiger partial charge in [0.1, 0.15) is 0 Å². The molecular weight excluding hydrogens is 188 g/mol. The Morgan fingerprint density at radius 1 is 1.47 bits per heavy atom. The fourth-order valence-electron chi connectivity index (χ4n) is 3.08. The Kier molecular flexibility index (Phi) is 3.33. The summed E-state index contributed by atoms with van der Waals surface area (Å²) < 4.78 is 0. The molecule has 3 nitrogen and oxygen atoms in total. The lowest BCUT2D eigenvalue weighted by Crippen LogP contribution is -2.56. The maximum absolute atomic E-state index is 9.69. The zero-order chi connectivity index (χ0) is 10.9. The molecule has 0 aliphatic carbocycles. The van der Waals surface area contributed by atoms with Crippen LogP contribution in [0, 0.1) is 5.92 Å². The first-order chi connectivity index (χ1) is 7.18. The van der Waals surface area contributed by atoms with Crippen LogP contribution in [0.15, 0.2) is 0 Å². The van der Waals surface area contributed by atoms with Crippen molar-refractivity contribution in [2.45, 2.75) is 44.7 Å². The molecule has 0 spiro atoms. The van der Waals surface area contributed by atoms with E-state index in [1.54, 1.807) is 0 Å². The van der Waals surface area contributed by atoms with Gasteiger partial charge in [-0.25, -0.2) is 0 Å². The van der Waals surface area contributed by atoms with Gasteiger partial charge in [0.05, 0.1) is 12.1 Å². The van der Waals surface area contributed by atoms with Gasteiger partial charge in [-0.3, -0.25) is 4.90 Å². The third kappa shape index (κ3) is 2.05. The van der Waals surface area contributed by atoms with Crippen molar-refractivity contribution in [2.24, 2.45) is 5.92 Å². The summed E-state index contributed by atoms with van der Waals surface area (Å²) in [5.41, 5.74) is 0.000764. The van der Waals surface area contributed by atoms with E-state index in [1.807, 2.05) is 0 Å². The van der Waals surface area contributed by atoms with Crippen LogP contribution >= 0.6 is 0 Å². The Morgan fingerprint density at radius 2 is 2.27 bits per heavy atom. The van der Waals surface area contributed by atoms with Crippen LogP contribution in [-0.4, -0.2) is 47.8 Å². The molecule has 88 valence electrons. The van der Waals surface area contributed by atoms with Crippen LogP contribution in [0.1, 0.15) is 33.1 Å². The summed E-state index contributed by atoms with van der Waals surface area (Å²) >= 11 is 0. The number of nitrogens with zero attached hydrogens (tertiary/aromatic N) is 1. The molecule has 0 amide bonds. The van der Waals surface area contributed by atoms with E-state index in [-0.39, 0.29) is 5.54 Å². The first kappa shape index (κ1) is 11.4. The van der Waals surface area contributed by atoms with Crippen LogP contribution in [0.5, 0.6) is 0 Å². The molecule has 2 N–H and O–H groups in total. The summed E-state index contributed by atoms with van der Waals surface area (Å²) in [5.74, 6) is 0.656. The maximum Gasteiger partial charge on any atom is 0.0629 e. The molecule has 0 aromatic carbocycles. The third-order valence-electron chi connectivity index (χ3n) is 3.99. The van der Waals surface area contributed by atoms with Crippen LogP contribution in [-0.2, 0) is 0 Å². The molecule has 15 heavy (non-hydrogen) atoms. The Balaban J connectivity index is 2.01. The highest BCUT2D eigenvalue weighted by molar-refractivity contribution is 5.07. The van der Waals surface area contributed by atoms with Crippen molar-refractivity contribution in [3.05, 3.63) is 0 Å². The molecule has 2 atom stereocenters. The largest absolute Gasteiger partial charge is 0.394 e. The summed E-state index contributed by atoms with van der Waals surface area (Å²) in [6.07, 6.45) is 3.67. The second-order valence-electron chi connectivity index (χ2n) is 5.53. The van der Waals surface area contributed by atoms with E-state index in [4.69, 9.17) is 0 Å². The van der Waals surface area contributed by atoms with Gasteiger partial charge in [0.15, 0.2) is 0 Å². The minimum Gasteiger partial charge on any atom is -0.394 e. The Hall–Kier alpha value is -0.120. The van der Waals surface area contributed by atoms with E-state index in [0.717, 1.165) is 19.5 Å². The minimum atomic E-state index is 0.000764. The molecule has 2 rings (SSSR count). The number of fused-ring (bicyclic) bond motifs is 1. The van der Waals surface area contributed by atoms with Gasteiger partial charge in [-0.15, -0.1) is 0 Å². The molecule has 0 aromatic heterocycles. The van der Waals surface area contributed by atoms with E-state index in [1.165, 1.54) is 19.4 Å². The van der Waals surface area contributed by atoms with Crippen LogP contribution < -0.4 is 5.32 Å². The fraction of sp³-hybridized carbons (Fsp3) is 1.00. The number of nitrogens with one attached hydrogen (secondary N) is 1. The van der Waals surface area contributed by atoms with E-state index in [0.29, 0.717) is 18.6 Å². The predicted octanol–water partition coefficient (Wildman–Crippen LogP) is 0.831. The highest BCUT2D eigenvalue weighted by Gasteiger charge is 2.48. The lowest BCUT2D eigenvalue weighted by molar-refractivity contribution is 0.124. The molecule has 0 bridgehead atoms. The number of rotatable bonds is 4. The average Bonchev–Trinajstić information content (AvgIpc) is 2.76. The average molecular weight is 212 g/mol. The Bertz CT molecular complexity index is 220. The smallest absolute Gasteiger partial charge is 0.0629 e. The first-order valence-corrected chi connectivity index (χ1v) is 6.28. The number of hydrogen-bond donors (Lipinski definition) is 2. The molecule has 0 saturated carbocycles. The second-order valence-corrected chi connectivity index (χ2v) is 5.53. The van der Waals surface area contributed by atoms with Crippen molar-refractivity contribution >= 4 is 0 Å². The zero-order valence-corrected chi connectivity index (χ0v) is 10.00. The van der Waals surface area contributed by atoms with E-state index in [2.05, 4.69) is 24.1 Å². The summed E-state index contributed by atoms with van der Waals surface area (Å²) in [6.45, 7) is 8.15. The monoisotopic (exact) mass is 212 g/mol. The van der Waals surface area contributed by atoms with Crippen LogP contribution in [0.3, 0.4) is 0 Å². The molecule has 2 unspecified atom stereocenters. The first-order valence-electron chi connectivity index (χ1n) is 6.28. The zero-order valence-electron chi connectivity index (χ0n) is 10.00. The lowest BCUT2D eigenvalue weighted by atomic mass is 9.89. The van der Waals surface area contributed by atoms with Crippen molar-refractivity contribution < 1.29 is 5.11 Å². The molecule has 3 heteroatoms. The molecular formula is C12H24N2O. The molecule has 2 saturated heterocycles. The molecule has 0 aromatic rings. The van der Waals surface area contributed by atoms with Crippen molar-refractivity contribution in [2.75, 3.05) is 26.2 Å². The highest BCUT2D eigenvalue weighted by Crippen LogP contribution is 2.35. The second kappa shape index (κ2) is 4.40. The predicted molar refractivity (Wildman–Crippen MR) is 61.9 cm³/mol. The summed E-state index contributed by atoms with van der Waals surface area (Å²) in [6, 6.07) is 0.584. The van der Waals surface area contributed by atoms with Crippen LogP contribution in [0.25, 0.3) is 0 Å². The molecule has 2 heterocycles. The van der Waals surface area contributed by atoms with Crippen molar-refractivity contribution in [1.82, 2.24) is 10.2 Å². The Morgan fingerprint density at radius 3 is 2.93 bits per heavy atom. The van der Waals surface area contributed by atoms with Gasteiger partial charge in [0, 0.05) is 12.6 Å². The van der Waals surface area contributed by atoms with Crippen molar-refractivity contribution in [3.63, 3.8) is 0 Å². The van der Waals surface area contributed by atoms with E-state index >= 15 is 0 Å². The third-order valence-corrected chi connectivity index (χ3v) is 3.99. The molecule has 2 aliphatic rings.